The predicted molar refractivity (Wildman–Crippen MR) is 100 cm³/mol. The van der Waals surface area contributed by atoms with Crippen LogP contribution in [0, 0.1) is 34.0 Å². The summed E-state index contributed by atoms with van der Waals surface area (Å²) in [5, 5.41) is 11.2. The standard InChI is InChI=1S/C22H28O7/c1-12-14-7-15(25)17-21(11-29-19(27)22(17,8-14)18(12)26)6-4-5-20(3,16(21)9-23)10-28-13(2)24/h9,14-17,25H,1,4-8,10-11H2,2-3H3/t14-,15-,16-,17+,20+,21+,22+/m1/s1. The fraction of sp³-hybridized carbons (Fsp3) is 0.727. The second-order valence-corrected chi connectivity index (χ2v) is 9.72. The molecule has 0 radical (unpaired) electrons. The Morgan fingerprint density at radius 3 is 2.76 bits per heavy atom. The van der Waals surface area contributed by atoms with Crippen molar-refractivity contribution in [3.63, 3.8) is 0 Å². The van der Waals surface area contributed by atoms with Crippen LogP contribution >= 0.6 is 0 Å². The third kappa shape index (κ3) is 2.52. The van der Waals surface area contributed by atoms with E-state index in [2.05, 4.69) is 6.58 Å². The van der Waals surface area contributed by atoms with E-state index in [1.54, 1.807) is 0 Å². The molecule has 0 unspecified atom stereocenters. The molecule has 0 amide bonds. The first-order valence-corrected chi connectivity index (χ1v) is 10.3. The molecule has 1 saturated heterocycles. The van der Waals surface area contributed by atoms with Crippen molar-refractivity contribution in [1.82, 2.24) is 0 Å². The lowest BCUT2D eigenvalue weighted by molar-refractivity contribution is -0.229. The van der Waals surface area contributed by atoms with Gasteiger partial charge in [-0.25, -0.2) is 0 Å². The molecule has 4 rings (SSSR count). The van der Waals surface area contributed by atoms with Gasteiger partial charge in [-0.2, -0.15) is 0 Å². The molecule has 7 nitrogen and oxygen atoms in total. The highest BCUT2D eigenvalue weighted by atomic mass is 16.5. The minimum atomic E-state index is -1.46. The van der Waals surface area contributed by atoms with Crippen molar-refractivity contribution in [1.29, 1.82) is 0 Å². The molecule has 29 heavy (non-hydrogen) atoms. The Labute approximate surface area is 169 Å². The molecule has 2 bridgehead atoms. The van der Waals surface area contributed by atoms with Gasteiger partial charge in [0.05, 0.1) is 19.3 Å². The maximum Gasteiger partial charge on any atom is 0.320 e. The predicted octanol–water partition coefficient (Wildman–Crippen LogP) is 1.61. The summed E-state index contributed by atoms with van der Waals surface area (Å²) in [6.07, 6.45) is 2.55. The van der Waals surface area contributed by atoms with Gasteiger partial charge < -0.3 is 19.4 Å². The van der Waals surface area contributed by atoms with Crippen molar-refractivity contribution >= 4 is 24.0 Å². The van der Waals surface area contributed by atoms with E-state index in [0.29, 0.717) is 31.3 Å². The lowest BCUT2D eigenvalue weighted by atomic mass is 9.44. The van der Waals surface area contributed by atoms with E-state index in [0.717, 1.165) is 12.7 Å². The minimum absolute atomic E-state index is 0.0151. The number of carbonyl (C=O) groups excluding carboxylic acids is 4. The molecular weight excluding hydrogens is 376 g/mol. The smallest absolute Gasteiger partial charge is 0.320 e. The van der Waals surface area contributed by atoms with E-state index in [1.807, 2.05) is 6.92 Å². The van der Waals surface area contributed by atoms with Gasteiger partial charge in [-0.1, -0.05) is 19.9 Å². The van der Waals surface area contributed by atoms with Crippen LogP contribution in [0.15, 0.2) is 12.2 Å². The minimum Gasteiger partial charge on any atom is -0.465 e. The summed E-state index contributed by atoms with van der Waals surface area (Å²) in [5.41, 5.74) is -2.61. The van der Waals surface area contributed by atoms with Crippen molar-refractivity contribution < 1.29 is 33.8 Å². The summed E-state index contributed by atoms with van der Waals surface area (Å²) >= 11 is 0. The summed E-state index contributed by atoms with van der Waals surface area (Å²) in [6.45, 7) is 7.16. The zero-order valence-electron chi connectivity index (χ0n) is 16.9. The Balaban J connectivity index is 1.83. The molecule has 1 N–H and O–H groups in total. The Morgan fingerprint density at radius 1 is 1.38 bits per heavy atom. The van der Waals surface area contributed by atoms with Gasteiger partial charge in [0.15, 0.2) is 5.78 Å². The van der Waals surface area contributed by atoms with E-state index in [1.165, 1.54) is 6.92 Å². The molecule has 3 aliphatic carbocycles. The number of cyclic esters (lactones) is 1. The molecular formula is C22H28O7. The maximum atomic E-state index is 13.2. The Morgan fingerprint density at radius 2 is 2.10 bits per heavy atom. The second-order valence-electron chi connectivity index (χ2n) is 9.72. The number of aliphatic hydroxyl groups excluding tert-OH is 1. The number of allylic oxidation sites excluding steroid dienone is 1. The zero-order chi connectivity index (χ0) is 21.2. The van der Waals surface area contributed by atoms with Gasteiger partial charge in [-0.3, -0.25) is 14.4 Å². The largest absolute Gasteiger partial charge is 0.465 e. The number of Topliss-reactive ketones (excluding diaryl/α,β-unsaturated/α-hetero) is 1. The second kappa shape index (κ2) is 6.49. The summed E-state index contributed by atoms with van der Waals surface area (Å²) in [5.74, 6) is -2.92. The molecule has 0 aromatic heterocycles. The monoisotopic (exact) mass is 404 g/mol. The van der Waals surface area contributed by atoms with Gasteiger partial charge >= 0.3 is 11.9 Å². The number of aliphatic hydroxyl groups is 1. The van der Waals surface area contributed by atoms with Crippen LogP contribution in [0.2, 0.25) is 0 Å². The number of esters is 2. The van der Waals surface area contributed by atoms with Crippen molar-refractivity contribution in [3.8, 4) is 0 Å². The molecule has 158 valence electrons. The van der Waals surface area contributed by atoms with E-state index in [-0.39, 0.29) is 24.9 Å². The summed E-state index contributed by atoms with van der Waals surface area (Å²) in [6, 6.07) is 0. The Kier molecular flexibility index (Phi) is 4.53. The van der Waals surface area contributed by atoms with Crippen LogP contribution in [0.3, 0.4) is 0 Å². The van der Waals surface area contributed by atoms with Crippen LogP contribution in [-0.4, -0.2) is 48.4 Å². The molecule has 0 aromatic carbocycles. The summed E-state index contributed by atoms with van der Waals surface area (Å²) in [4.78, 5) is 50.0. The SMILES string of the molecule is C=C1C(=O)[C@]23C[C@H]1C[C@@H](O)[C@H]2[C@@]1(CCC[C@@](C)(COC(C)=O)[C@H]1C=O)COC3=O. The van der Waals surface area contributed by atoms with Crippen molar-refractivity contribution in [2.75, 3.05) is 13.2 Å². The number of carbonyl (C=O) groups is 4. The number of fused-ring (bicyclic) bond motifs is 2. The van der Waals surface area contributed by atoms with Gasteiger partial charge in [-0.05, 0) is 37.2 Å². The topological polar surface area (TPSA) is 107 Å². The molecule has 4 aliphatic rings. The van der Waals surface area contributed by atoms with E-state index in [9.17, 15) is 24.3 Å². The number of ketones is 1. The van der Waals surface area contributed by atoms with Crippen LogP contribution in [0.4, 0.5) is 0 Å². The molecule has 1 heterocycles. The van der Waals surface area contributed by atoms with Crippen LogP contribution in [0.25, 0.3) is 0 Å². The number of aldehydes is 1. The lowest BCUT2D eigenvalue weighted by Gasteiger charge is -2.61. The summed E-state index contributed by atoms with van der Waals surface area (Å²) in [7, 11) is 0. The quantitative estimate of drug-likeness (QED) is 0.330. The molecule has 7 atom stereocenters. The van der Waals surface area contributed by atoms with E-state index >= 15 is 0 Å². The zero-order valence-corrected chi connectivity index (χ0v) is 16.9. The number of ether oxygens (including phenoxy) is 2. The average molecular weight is 404 g/mol. The Hall–Kier alpha value is -2.02. The molecule has 7 heteroatoms. The van der Waals surface area contributed by atoms with Crippen molar-refractivity contribution in [3.05, 3.63) is 12.2 Å². The van der Waals surface area contributed by atoms with Gasteiger partial charge in [-0.15, -0.1) is 0 Å². The molecule has 3 saturated carbocycles. The van der Waals surface area contributed by atoms with Gasteiger partial charge in [0.25, 0.3) is 0 Å². The molecule has 0 aromatic rings. The first kappa shape index (κ1) is 20.3. The fourth-order valence-corrected chi connectivity index (χ4v) is 6.99. The highest BCUT2D eigenvalue weighted by molar-refractivity contribution is 6.15. The van der Waals surface area contributed by atoms with Gasteiger partial charge in [0.2, 0.25) is 0 Å². The molecule has 1 aliphatic heterocycles. The molecule has 2 spiro atoms. The first-order chi connectivity index (χ1) is 13.6. The number of hydrogen-bond acceptors (Lipinski definition) is 7. The third-order valence-corrected chi connectivity index (χ3v) is 8.16. The Bertz CT molecular complexity index is 803. The van der Waals surface area contributed by atoms with Crippen LogP contribution in [0.1, 0.15) is 46.0 Å². The van der Waals surface area contributed by atoms with Crippen LogP contribution in [-0.2, 0) is 28.7 Å². The number of rotatable bonds is 3. The van der Waals surface area contributed by atoms with Crippen LogP contribution < -0.4 is 0 Å². The molecule has 4 fully saturated rings. The highest BCUT2D eigenvalue weighted by Crippen LogP contribution is 2.67. The number of hydrogen-bond donors (Lipinski definition) is 1. The van der Waals surface area contributed by atoms with Gasteiger partial charge in [0, 0.05) is 29.6 Å². The van der Waals surface area contributed by atoms with Crippen molar-refractivity contribution in [2.24, 2.45) is 34.0 Å². The fourth-order valence-electron chi connectivity index (χ4n) is 6.99. The normalized spacial score (nSPS) is 46.2. The maximum absolute atomic E-state index is 13.2. The van der Waals surface area contributed by atoms with E-state index < -0.39 is 46.1 Å². The lowest BCUT2D eigenvalue weighted by Crippen LogP contribution is -2.67. The highest BCUT2D eigenvalue weighted by Gasteiger charge is 2.74. The van der Waals surface area contributed by atoms with E-state index in [4.69, 9.17) is 9.47 Å². The van der Waals surface area contributed by atoms with Crippen LogP contribution in [0.5, 0.6) is 0 Å². The van der Waals surface area contributed by atoms with Crippen molar-refractivity contribution in [2.45, 2.75) is 52.1 Å². The summed E-state index contributed by atoms with van der Waals surface area (Å²) < 4.78 is 10.9. The van der Waals surface area contributed by atoms with Gasteiger partial charge in [0.1, 0.15) is 11.7 Å². The average Bonchev–Trinajstić information content (AvgIpc) is 2.86. The third-order valence-electron chi connectivity index (χ3n) is 8.16. The first-order valence-electron chi connectivity index (χ1n) is 10.3.